The number of nitrogens with two attached hydrogens (primary N) is 2. The maximum Gasteiger partial charge on any atom is 0.170 e. The summed E-state index contributed by atoms with van der Waals surface area (Å²) in [5.41, 5.74) is 16.5. The molecular formula is C29H37N3O. The van der Waals surface area contributed by atoms with Crippen LogP contribution in [-0.4, -0.2) is 6.54 Å². The quantitative estimate of drug-likeness (QED) is 0.192. The zero-order chi connectivity index (χ0) is 24.1. The van der Waals surface area contributed by atoms with Crippen molar-refractivity contribution in [3.05, 3.63) is 82.3 Å². The Bertz CT molecular complexity index is 991. The van der Waals surface area contributed by atoms with Crippen molar-refractivity contribution in [3.8, 4) is 24.4 Å². The zero-order valence-electron chi connectivity index (χ0n) is 20.2. The van der Waals surface area contributed by atoms with Crippen molar-refractivity contribution >= 4 is 0 Å². The van der Waals surface area contributed by atoms with E-state index in [1.165, 1.54) is 19.3 Å². The molecule has 4 heteroatoms. The first kappa shape index (κ1) is 25.9. The SMILES string of the molecule is C#C\C(=C/C(=C\C)C(=C/CC1CC(CC)C1)/C(CN)=C(\C)NC#CN)OCc1ccccc1. The highest BCUT2D eigenvalue weighted by atomic mass is 16.5. The molecule has 0 amide bonds. The van der Waals surface area contributed by atoms with Crippen LogP contribution in [0.15, 0.2) is 76.7 Å². The van der Waals surface area contributed by atoms with E-state index in [4.69, 9.17) is 22.6 Å². The normalized spacial score (nSPS) is 19.4. The van der Waals surface area contributed by atoms with Crippen LogP contribution < -0.4 is 16.8 Å². The van der Waals surface area contributed by atoms with Crippen LogP contribution in [0, 0.1) is 36.3 Å². The van der Waals surface area contributed by atoms with E-state index in [1.54, 1.807) is 0 Å². The monoisotopic (exact) mass is 443 g/mol. The standard InChI is InChI=1S/C29H37N3O/c1-5-23-17-25(18-23)13-14-28(29(20-31)22(4)32-16-15-30)26(6-2)19-27(7-3)33-21-24-11-9-8-10-12-24/h3,6,8-12,14,19,23,25,32H,5,13,17-18,20-21,30-31H2,1-2,4H3/b26-6+,27-19+,28-14-,29-22+. The molecule has 1 aliphatic carbocycles. The first-order valence-electron chi connectivity index (χ1n) is 11.6. The third kappa shape index (κ3) is 7.94. The number of rotatable bonds is 11. The third-order valence-corrected chi connectivity index (χ3v) is 6.16. The summed E-state index contributed by atoms with van der Waals surface area (Å²) in [6, 6.07) is 15.1. The number of allylic oxidation sites excluding steroid dienone is 6. The second-order valence-corrected chi connectivity index (χ2v) is 8.34. The van der Waals surface area contributed by atoms with Gasteiger partial charge in [0.15, 0.2) is 5.76 Å². The number of terminal acetylenes is 1. The first-order valence-corrected chi connectivity index (χ1v) is 11.6. The summed E-state index contributed by atoms with van der Waals surface area (Å²) in [5, 5.41) is 3.04. The molecule has 0 spiro atoms. The van der Waals surface area contributed by atoms with Gasteiger partial charge in [-0.2, -0.15) is 0 Å². The van der Waals surface area contributed by atoms with Gasteiger partial charge in [-0.3, -0.25) is 0 Å². The summed E-state index contributed by atoms with van der Waals surface area (Å²) in [5.74, 6) is 4.74. The topological polar surface area (TPSA) is 73.3 Å². The molecule has 2 rings (SSSR count). The summed E-state index contributed by atoms with van der Waals surface area (Å²) < 4.78 is 5.94. The minimum Gasteiger partial charge on any atom is -0.481 e. The van der Waals surface area contributed by atoms with E-state index >= 15 is 0 Å². The Morgan fingerprint density at radius 3 is 2.55 bits per heavy atom. The molecule has 1 aliphatic rings. The van der Waals surface area contributed by atoms with Crippen molar-refractivity contribution in [2.75, 3.05) is 6.54 Å². The van der Waals surface area contributed by atoms with Gasteiger partial charge in [0.1, 0.15) is 6.61 Å². The van der Waals surface area contributed by atoms with Crippen LogP contribution in [0.1, 0.15) is 52.0 Å². The van der Waals surface area contributed by atoms with Crippen molar-refractivity contribution in [2.45, 2.75) is 53.1 Å². The molecule has 0 aromatic heterocycles. The van der Waals surface area contributed by atoms with Gasteiger partial charge in [-0.25, -0.2) is 0 Å². The Hall–Kier alpha value is -3.34. The summed E-state index contributed by atoms with van der Waals surface area (Å²) in [4.78, 5) is 0. The summed E-state index contributed by atoms with van der Waals surface area (Å²) in [7, 11) is 0. The van der Waals surface area contributed by atoms with Gasteiger partial charge in [0.25, 0.3) is 0 Å². The minimum absolute atomic E-state index is 0.362. The summed E-state index contributed by atoms with van der Waals surface area (Å²) >= 11 is 0. The van der Waals surface area contributed by atoms with Crippen LogP contribution >= 0.6 is 0 Å². The molecule has 0 heterocycles. The van der Waals surface area contributed by atoms with E-state index in [0.717, 1.165) is 40.3 Å². The maximum atomic E-state index is 6.20. The Morgan fingerprint density at radius 1 is 1.24 bits per heavy atom. The zero-order valence-corrected chi connectivity index (χ0v) is 20.2. The van der Waals surface area contributed by atoms with Gasteiger partial charge in [-0.15, -0.1) is 6.42 Å². The molecule has 5 N–H and O–H groups in total. The average Bonchev–Trinajstić information content (AvgIpc) is 2.82. The molecule has 0 aliphatic heterocycles. The van der Waals surface area contributed by atoms with Gasteiger partial charge in [0.2, 0.25) is 0 Å². The van der Waals surface area contributed by atoms with Crippen LogP contribution in [0.25, 0.3) is 0 Å². The van der Waals surface area contributed by atoms with Crippen molar-refractivity contribution in [1.29, 1.82) is 0 Å². The van der Waals surface area contributed by atoms with Gasteiger partial charge >= 0.3 is 0 Å². The smallest absolute Gasteiger partial charge is 0.170 e. The fourth-order valence-corrected chi connectivity index (χ4v) is 4.09. The Morgan fingerprint density at radius 2 is 1.97 bits per heavy atom. The molecule has 0 unspecified atom stereocenters. The van der Waals surface area contributed by atoms with Gasteiger partial charge in [0, 0.05) is 24.3 Å². The lowest BCUT2D eigenvalue weighted by atomic mass is 9.71. The van der Waals surface area contributed by atoms with E-state index < -0.39 is 0 Å². The largest absolute Gasteiger partial charge is 0.481 e. The van der Waals surface area contributed by atoms with Gasteiger partial charge in [-0.05, 0) is 79.2 Å². The molecule has 33 heavy (non-hydrogen) atoms. The number of nitrogens with one attached hydrogen (secondary N) is 1. The molecular weight excluding hydrogens is 406 g/mol. The Balaban J connectivity index is 2.33. The summed E-state index contributed by atoms with van der Waals surface area (Å²) in [6.07, 6.45) is 16.9. The second-order valence-electron chi connectivity index (χ2n) is 8.34. The molecule has 1 aromatic carbocycles. The van der Waals surface area contributed by atoms with Crippen LogP contribution in [0.5, 0.6) is 0 Å². The van der Waals surface area contributed by atoms with Gasteiger partial charge < -0.3 is 21.5 Å². The lowest BCUT2D eigenvalue weighted by Gasteiger charge is -2.34. The molecule has 4 nitrogen and oxygen atoms in total. The molecule has 0 radical (unpaired) electrons. The molecule has 1 aromatic rings. The number of benzene rings is 1. The van der Waals surface area contributed by atoms with Gasteiger partial charge in [0.05, 0.1) is 0 Å². The molecule has 174 valence electrons. The second kappa shape index (κ2) is 13.9. The van der Waals surface area contributed by atoms with Gasteiger partial charge in [-0.1, -0.05) is 55.8 Å². The Labute approximate surface area is 199 Å². The highest BCUT2D eigenvalue weighted by Crippen LogP contribution is 2.39. The van der Waals surface area contributed by atoms with E-state index in [1.807, 2.05) is 56.3 Å². The van der Waals surface area contributed by atoms with Crippen molar-refractivity contribution in [2.24, 2.45) is 23.3 Å². The van der Waals surface area contributed by atoms with E-state index in [-0.39, 0.29) is 0 Å². The third-order valence-electron chi connectivity index (χ3n) is 6.16. The molecule has 0 saturated heterocycles. The van der Waals surface area contributed by atoms with Crippen molar-refractivity contribution in [1.82, 2.24) is 5.32 Å². The van der Waals surface area contributed by atoms with Crippen LogP contribution in [-0.2, 0) is 11.3 Å². The van der Waals surface area contributed by atoms with E-state index in [2.05, 4.69) is 36.3 Å². The lowest BCUT2D eigenvalue weighted by Crippen LogP contribution is -2.22. The lowest BCUT2D eigenvalue weighted by molar-refractivity contribution is 0.190. The van der Waals surface area contributed by atoms with Crippen LogP contribution in [0.2, 0.25) is 0 Å². The maximum absolute atomic E-state index is 6.20. The van der Waals surface area contributed by atoms with Crippen molar-refractivity contribution < 1.29 is 4.74 Å². The predicted molar refractivity (Wildman–Crippen MR) is 138 cm³/mol. The fourth-order valence-electron chi connectivity index (χ4n) is 4.09. The highest BCUT2D eigenvalue weighted by Gasteiger charge is 2.26. The number of hydrogen-bond donors (Lipinski definition) is 3. The molecule has 0 bridgehead atoms. The molecule has 0 atom stereocenters. The van der Waals surface area contributed by atoms with E-state index in [9.17, 15) is 0 Å². The summed E-state index contributed by atoms with van der Waals surface area (Å²) in [6.45, 7) is 7.00. The Kier molecular flexibility index (Phi) is 10.9. The molecule has 1 fully saturated rings. The first-order chi connectivity index (χ1) is 16.1. The van der Waals surface area contributed by atoms with E-state index in [0.29, 0.717) is 24.8 Å². The highest BCUT2D eigenvalue weighted by molar-refractivity contribution is 5.55. The number of ether oxygens (including phenoxy) is 1. The fraction of sp³-hybridized carbons (Fsp3) is 0.379. The predicted octanol–water partition coefficient (Wildman–Crippen LogP) is 5.12. The van der Waals surface area contributed by atoms with Crippen molar-refractivity contribution in [3.63, 3.8) is 0 Å². The van der Waals surface area contributed by atoms with Crippen LogP contribution in [0.4, 0.5) is 0 Å². The average molecular weight is 444 g/mol. The number of hydrogen-bond acceptors (Lipinski definition) is 4. The molecule has 1 saturated carbocycles. The van der Waals surface area contributed by atoms with Crippen LogP contribution in [0.3, 0.4) is 0 Å². The minimum atomic E-state index is 0.362.